The molecule has 0 aromatic heterocycles. The standard InChI is InChI=1S/C13H17Cl2NO2/c1-2-5-16(6-3-4-13(17)18)12-8-10(14)7-11(15)9-12/h7-9H,2-6H2,1H3,(H,17,18). The highest BCUT2D eigenvalue weighted by Gasteiger charge is 2.08. The fourth-order valence-corrected chi connectivity index (χ4v) is 2.30. The van der Waals surface area contributed by atoms with Gasteiger partial charge in [0.1, 0.15) is 0 Å². The summed E-state index contributed by atoms with van der Waals surface area (Å²) in [6.07, 6.45) is 1.77. The van der Waals surface area contributed by atoms with Gasteiger partial charge in [-0.3, -0.25) is 4.79 Å². The molecule has 18 heavy (non-hydrogen) atoms. The van der Waals surface area contributed by atoms with E-state index >= 15 is 0 Å². The zero-order chi connectivity index (χ0) is 13.5. The highest BCUT2D eigenvalue weighted by Crippen LogP contribution is 2.25. The highest BCUT2D eigenvalue weighted by atomic mass is 35.5. The molecule has 1 N–H and O–H groups in total. The first-order chi connectivity index (χ1) is 8.52. The van der Waals surface area contributed by atoms with Gasteiger partial charge in [0.25, 0.3) is 0 Å². The van der Waals surface area contributed by atoms with Crippen LogP contribution in [-0.4, -0.2) is 24.2 Å². The monoisotopic (exact) mass is 289 g/mol. The van der Waals surface area contributed by atoms with Crippen molar-refractivity contribution in [3.63, 3.8) is 0 Å². The Labute approximate surface area is 117 Å². The average molecular weight is 290 g/mol. The molecule has 0 heterocycles. The summed E-state index contributed by atoms with van der Waals surface area (Å²) in [4.78, 5) is 12.6. The molecule has 3 nitrogen and oxygen atoms in total. The number of hydrogen-bond donors (Lipinski definition) is 1. The Hall–Kier alpha value is -0.930. The molecule has 1 aromatic rings. The maximum atomic E-state index is 10.5. The number of anilines is 1. The van der Waals surface area contributed by atoms with E-state index in [1.807, 2.05) is 12.1 Å². The van der Waals surface area contributed by atoms with Crippen LogP contribution in [0, 0.1) is 0 Å². The van der Waals surface area contributed by atoms with Crippen LogP contribution >= 0.6 is 23.2 Å². The largest absolute Gasteiger partial charge is 0.481 e. The minimum atomic E-state index is -0.768. The second-order valence-electron chi connectivity index (χ2n) is 4.11. The zero-order valence-corrected chi connectivity index (χ0v) is 11.8. The summed E-state index contributed by atoms with van der Waals surface area (Å²) in [5.41, 5.74) is 0.944. The van der Waals surface area contributed by atoms with Gasteiger partial charge >= 0.3 is 5.97 Å². The van der Waals surface area contributed by atoms with Crippen LogP contribution in [0.3, 0.4) is 0 Å². The van der Waals surface area contributed by atoms with Crippen LogP contribution < -0.4 is 4.90 Å². The smallest absolute Gasteiger partial charge is 0.303 e. The lowest BCUT2D eigenvalue weighted by Gasteiger charge is -2.24. The maximum absolute atomic E-state index is 10.5. The summed E-state index contributed by atoms with van der Waals surface area (Å²) in [7, 11) is 0. The van der Waals surface area contributed by atoms with Crippen LogP contribution in [0.2, 0.25) is 10.0 Å². The van der Waals surface area contributed by atoms with Gasteiger partial charge in [-0.1, -0.05) is 30.1 Å². The molecule has 100 valence electrons. The summed E-state index contributed by atoms with van der Waals surface area (Å²) >= 11 is 11.9. The van der Waals surface area contributed by atoms with Crippen molar-refractivity contribution in [3.05, 3.63) is 28.2 Å². The van der Waals surface area contributed by atoms with Crippen molar-refractivity contribution in [2.45, 2.75) is 26.2 Å². The van der Waals surface area contributed by atoms with Crippen molar-refractivity contribution >= 4 is 34.9 Å². The number of carboxylic acids is 1. The topological polar surface area (TPSA) is 40.5 Å². The Kier molecular flexibility index (Phi) is 6.30. The van der Waals surface area contributed by atoms with E-state index < -0.39 is 5.97 Å². The van der Waals surface area contributed by atoms with Crippen LogP contribution in [0.15, 0.2) is 18.2 Å². The van der Waals surface area contributed by atoms with Crippen LogP contribution in [0.25, 0.3) is 0 Å². The van der Waals surface area contributed by atoms with Crippen molar-refractivity contribution in [3.8, 4) is 0 Å². The number of aliphatic carboxylic acids is 1. The Balaban J connectivity index is 2.73. The van der Waals surface area contributed by atoms with Crippen molar-refractivity contribution in [2.24, 2.45) is 0 Å². The molecular formula is C13H17Cl2NO2. The summed E-state index contributed by atoms with van der Waals surface area (Å²) in [5, 5.41) is 9.84. The van der Waals surface area contributed by atoms with Gasteiger partial charge in [-0.2, -0.15) is 0 Å². The van der Waals surface area contributed by atoms with Gasteiger partial charge in [0, 0.05) is 35.2 Å². The van der Waals surface area contributed by atoms with Gasteiger partial charge in [-0.25, -0.2) is 0 Å². The van der Waals surface area contributed by atoms with Gasteiger partial charge in [-0.05, 0) is 31.0 Å². The van der Waals surface area contributed by atoms with E-state index in [9.17, 15) is 4.79 Å². The van der Waals surface area contributed by atoms with Crippen molar-refractivity contribution in [1.29, 1.82) is 0 Å². The number of hydrogen-bond acceptors (Lipinski definition) is 2. The SMILES string of the molecule is CCCN(CCCC(=O)O)c1cc(Cl)cc(Cl)c1. The number of carbonyl (C=O) groups is 1. The van der Waals surface area contributed by atoms with E-state index in [-0.39, 0.29) is 6.42 Å². The molecule has 0 aliphatic carbocycles. The molecule has 0 amide bonds. The van der Waals surface area contributed by atoms with Gasteiger partial charge in [0.2, 0.25) is 0 Å². The fraction of sp³-hybridized carbons (Fsp3) is 0.462. The molecule has 0 fully saturated rings. The van der Waals surface area contributed by atoms with Crippen molar-refractivity contribution in [1.82, 2.24) is 0 Å². The first-order valence-corrected chi connectivity index (χ1v) is 6.71. The van der Waals surface area contributed by atoms with E-state index in [2.05, 4.69) is 11.8 Å². The lowest BCUT2D eigenvalue weighted by Crippen LogP contribution is -2.25. The molecule has 0 spiro atoms. The number of halogens is 2. The summed E-state index contributed by atoms with van der Waals surface area (Å²) < 4.78 is 0. The predicted molar refractivity (Wildman–Crippen MR) is 75.8 cm³/mol. The van der Waals surface area contributed by atoms with Gasteiger partial charge in [0.05, 0.1) is 0 Å². The Morgan fingerprint density at radius 1 is 1.22 bits per heavy atom. The predicted octanol–water partition coefficient (Wildman–Crippen LogP) is 4.07. The molecule has 0 radical (unpaired) electrons. The highest BCUT2D eigenvalue weighted by molar-refractivity contribution is 6.35. The van der Waals surface area contributed by atoms with E-state index in [1.165, 1.54) is 0 Å². The summed E-state index contributed by atoms with van der Waals surface area (Å²) in [5.74, 6) is -0.768. The third-order valence-electron chi connectivity index (χ3n) is 2.52. The van der Waals surface area contributed by atoms with Crippen LogP contribution in [0.1, 0.15) is 26.2 Å². The van der Waals surface area contributed by atoms with E-state index in [0.717, 1.165) is 18.7 Å². The first-order valence-electron chi connectivity index (χ1n) is 5.95. The first kappa shape index (κ1) is 15.1. The van der Waals surface area contributed by atoms with Crippen LogP contribution in [0.4, 0.5) is 5.69 Å². The minimum absolute atomic E-state index is 0.175. The minimum Gasteiger partial charge on any atom is -0.481 e. The molecule has 5 heteroatoms. The van der Waals surface area contributed by atoms with E-state index in [1.54, 1.807) is 6.07 Å². The molecule has 0 aliphatic heterocycles. The lowest BCUT2D eigenvalue weighted by molar-refractivity contribution is -0.137. The molecular weight excluding hydrogens is 273 g/mol. The molecule has 0 saturated carbocycles. The molecule has 0 unspecified atom stereocenters. The molecule has 0 bridgehead atoms. The van der Waals surface area contributed by atoms with Crippen LogP contribution in [0.5, 0.6) is 0 Å². The van der Waals surface area contributed by atoms with E-state index in [4.69, 9.17) is 28.3 Å². The zero-order valence-electron chi connectivity index (χ0n) is 10.3. The van der Waals surface area contributed by atoms with Crippen LogP contribution in [-0.2, 0) is 4.79 Å². The quantitative estimate of drug-likeness (QED) is 0.822. The molecule has 1 aromatic carbocycles. The second-order valence-corrected chi connectivity index (χ2v) is 4.98. The number of rotatable bonds is 7. The van der Waals surface area contributed by atoms with Gasteiger partial charge in [0.15, 0.2) is 0 Å². The van der Waals surface area contributed by atoms with Crippen molar-refractivity contribution < 1.29 is 9.90 Å². The second kappa shape index (κ2) is 7.49. The Morgan fingerprint density at radius 2 is 1.83 bits per heavy atom. The Morgan fingerprint density at radius 3 is 2.33 bits per heavy atom. The molecule has 1 rings (SSSR count). The van der Waals surface area contributed by atoms with Gasteiger partial charge in [-0.15, -0.1) is 0 Å². The summed E-state index contributed by atoms with van der Waals surface area (Å²) in [6, 6.07) is 5.39. The molecule has 0 atom stereocenters. The summed E-state index contributed by atoms with van der Waals surface area (Å²) in [6.45, 7) is 3.63. The number of nitrogens with zero attached hydrogens (tertiary/aromatic N) is 1. The fourth-order valence-electron chi connectivity index (χ4n) is 1.78. The van der Waals surface area contributed by atoms with Crippen molar-refractivity contribution in [2.75, 3.05) is 18.0 Å². The number of carboxylic acid groups (broad SMARTS) is 1. The lowest BCUT2D eigenvalue weighted by atomic mass is 10.2. The molecule has 0 aliphatic rings. The van der Waals surface area contributed by atoms with Gasteiger partial charge < -0.3 is 10.0 Å². The average Bonchev–Trinajstić information content (AvgIpc) is 2.26. The normalized spacial score (nSPS) is 10.4. The van der Waals surface area contributed by atoms with E-state index in [0.29, 0.717) is 23.0 Å². The maximum Gasteiger partial charge on any atom is 0.303 e. The third-order valence-corrected chi connectivity index (χ3v) is 2.96. The Bertz CT molecular complexity index is 390. The molecule has 0 saturated heterocycles. The number of benzene rings is 1. The third kappa shape index (κ3) is 5.15.